The minimum absolute atomic E-state index is 0.0690. The highest BCUT2D eigenvalue weighted by Crippen LogP contribution is 2.38. The van der Waals surface area contributed by atoms with Crippen molar-refractivity contribution >= 4 is 27.5 Å². The molecule has 37 heavy (non-hydrogen) atoms. The topological polar surface area (TPSA) is 66.5 Å². The lowest BCUT2D eigenvalue weighted by Gasteiger charge is -2.29. The van der Waals surface area contributed by atoms with Crippen LogP contribution in [-0.2, 0) is 27.5 Å². The fraction of sp³-hybridized carbons (Fsp3) is 0.296. The first-order valence-corrected chi connectivity index (χ1v) is 13.6. The van der Waals surface area contributed by atoms with Gasteiger partial charge in [-0.25, -0.2) is 8.42 Å². The summed E-state index contributed by atoms with van der Waals surface area (Å²) in [7, 11) is -3.92. The third-order valence-corrected chi connectivity index (χ3v) is 8.54. The van der Waals surface area contributed by atoms with Crippen LogP contribution in [0.3, 0.4) is 0 Å². The van der Waals surface area contributed by atoms with Crippen molar-refractivity contribution < 1.29 is 26.4 Å². The quantitative estimate of drug-likeness (QED) is 0.348. The number of sulfonamides is 1. The molecule has 1 unspecified atom stereocenters. The molecule has 0 spiro atoms. The zero-order chi connectivity index (χ0) is 26.8. The Morgan fingerprint density at radius 1 is 1.03 bits per heavy atom. The molecular formula is C27H26ClF3N2O3S. The summed E-state index contributed by atoms with van der Waals surface area (Å²) >= 11 is 5.91. The van der Waals surface area contributed by atoms with Crippen LogP contribution in [-0.4, -0.2) is 31.2 Å². The van der Waals surface area contributed by atoms with E-state index in [0.717, 1.165) is 30.5 Å². The van der Waals surface area contributed by atoms with E-state index in [1.165, 1.54) is 40.7 Å². The minimum atomic E-state index is -4.41. The maximum atomic E-state index is 13.3. The standard InChI is InChI=1S/C27H26ClF3N2O3S/c1-2-33(37(35,36)24-14-12-23(28)13-15-24)25(20-6-7-20)26(34)32-17-18-4-3-5-21(16-18)19-8-10-22(11-9-19)27(29,30)31/h3-5,8-16,20,25H,2,6-7,17H2,1H3,(H,32,34). The van der Waals surface area contributed by atoms with E-state index in [9.17, 15) is 26.4 Å². The molecule has 1 amide bonds. The summed E-state index contributed by atoms with van der Waals surface area (Å²) in [5, 5.41) is 3.27. The third-order valence-electron chi connectivity index (χ3n) is 6.32. The zero-order valence-corrected chi connectivity index (χ0v) is 21.6. The predicted octanol–water partition coefficient (Wildman–Crippen LogP) is 6.13. The van der Waals surface area contributed by atoms with Crippen LogP contribution in [0.4, 0.5) is 13.2 Å². The number of carbonyl (C=O) groups is 1. The van der Waals surface area contributed by atoms with Crippen LogP contribution < -0.4 is 5.32 Å². The Bertz CT molecular complexity index is 1360. The first kappa shape index (κ1) is 27.2. The van der Waals surface area contributed by atoms with Crippen LogP contribution in [0.5, 0.6) is 0 Å². The second-order valence-corrected chi connectivity index (χ2v) is 11.3. The Balaban J connectivity index is 1.49. The Morgan fingerprint density at radius 2 is 1.68 bits per heavy atom. The van der Waals surface area contributed by atoms with E-state index >= 15 is 0 Å². The highest BCUT2D eigenvalue weighted by Gasteiger charge is 2.44. The van der Waals surface area contributed by atoms with Crippen molar-refractivity contribution in [2.45, 2.75) is 43.4 Å². The van der Waals surface area contributed by atoms with Gasteiger partial charge in [0.1, 0.15) is 6.04 Å². The number of nitrogens with zero attached hydrogens (tertiary/aromatic N) is 1. The first-order chi connectivity index (χ1) is 17.5. The normalized spacial score (nSPS) is 15.0. The zero-order valence-electron chi connectivity index (χ0n) is 20.0. The van der Waals surface area contributed by atoms with E-state index in [1.807, 2.05) is 0 Å². The summed E-state index contributed by atoms with van der Waals surface area (Å²) < 4.78 is 66.5. The highest BCUT2D eigenvalue weighted by atomic mass is 35.5. The van der Waals surface area contributed by atoms with Gasteiger partial charge in [0.15, 0.2) is 0 Å². The summed E-state index contributed by atoms with van der Waals surface area (Å²) in [6.07, 6.45) is -2.89. The number of amides is 1. The fourth-order valence-corrected chi connectivity index (χ4v) is 6.04. The number of carbonyl (C=O) groups excluding carboxylic acids is 1. The molecule has 0 aliphatic heterocycles. The van der Waals surface area contributed by atoms with Gasteiger partial charge >= 0.3 is 6.18 Å². The van der Waals surface area contributed by atoms with Gasteiger partial charge in [0.25, 0.3) is 0 Å². The summed E-state index contributed by atoms with van der Waals surface area (Å²) in [4.78, 5) is 13.3. The Hall–Kier alpha value is -2.88. The molecule has 1 N–H and O–H groups in total. The predicted molar refractivity (Wildman–Crippen MR) is 136 cm³/mol. The van der Waals surface area contributed by atoms with Gasteiger partial charge in [0.05, 0.1) is 10.5 Å². The van der Waals surface area contributed by atoms with Crippen molar-refractivity contribution in [1.82, 2.24) is 9.62 Å². The summed E-state index contributed by atoms with van der Waals surface area (Å²) in [5.74, 6) is -0.456. The summed E-state index contributed by atoms with van der Waals surface area (Å²) in [6, 6.07) is 17.0. The van der Waals surface area contributed by atoms with E-state index in [-0.39, 0.29) is 29.8 Å². The van der Waals surface area contributed by atoms with Crippen LogP contribution in [0.1, 0.15) is 30.9 Å². The molecular weight excluding hydrogens is 525 g/mol. The molecule has 196 valence electrons. The van der Waals surface area contributed by atoms with Gasteiger partial charge in [0, 0.05) is 18.1 Å². The molecule has 5 nitrogen and oxygen atoms in total. The van der Waals surface area contributed by atoms with Gasteiger partial charge in [-0.1, -0.05) is 48.9 Å². The molecule has 0 bridgehead atoms. The van der Waals surface area contributed by atoms with Gasteiger partial charge in [-0.2, -0.15) is 17.5 Å². The molecule has 4 rings (SSSR count). The average molecular weight is 551 g/mol. The SMILES string of the molecule is CCN(C(C(=O)NCc1cccc(-c2ccc(C(F)(F)F)cc2)c1)C1CC1)S(=O)(=O)c1ccc(Cl)cc1. The maximum absolute atomic E-state index is 13.3. The van der Waals surface area contributed by atoms with E-state index in [4.69, 9.17) is 11.6 Å². The Kier molecular flexibility index (Phi) is 7.96. The van der Waals surface area contributed by atoms with Crippen LogP contribution >= 0.6 is 11.6 Å². The van der Waals surface area contributed by atoms with Crippen molar-refractivity contribution in [3.05, 3.63) is 88.9 Å². The molecule has 1 aliphatic rings. The smallest absolute Gasteiger partial charge is 0.351 e. The van der Waals surface area contributed by atoms with E-state index < -0.39 is 27.8 Å². The maximum Gasteiger partial charge on any atom is 0.416 e. The van der Waals surface area contributed by atoms with Gasteiger partial charge in [-0.3, -0.25) is 4.79 Å². The third kappa shape index (κ3) is 6.34. The van der Waals surface area contributed by atoms with Crippen molar-refractivity contribution in [3.63, 3.8) is 0 Å². The molecule has 3 aromatic carbocycles. The Labute approximate surface area is 219 Å². The van der Waals surface area contributed by atoms with Crippen molar-refractivity contribution in [2.24, 2.45) is 5.92 Å². The molecule has 1 saturated carbocycles. The fourth-order valence-electron chi connectivity index (χ4n) is 4.26. The molecule has 1 fully saturated rings. The number of rotatable bonds is 9. The van der Waals surface area contributed by atoms with Crippen LogP contribution in [0.15, 0.2) is 77.7 Å². The largest absolute Gasteiger partial charge is 0.416 e. The van der Waals surface area contributed by atoms with Crippen molar-refractivity contribution in [2.75, 3.05) is 6.54 Å². The van der Waals surface area contributed by atoms with Gasteiger partial charge in [-0.05, 0) is 77.9 Å². The van der Waals surface area contributed by atoms with E-state index in [1.54, 1.807) is 31.2 Å². The van der Waals surface area contributed by atoms with Gasteiger partial charge < -0.3 is 5.32 Å². The highest BCUT2D eigenvalue weighted by molar-refractivity contribution is 7.89. The van der Waals surface area contributed by atoms with Gasteiger partial charge in [-0.15, -0.1) is 0 Å². The van der Waals surface area contributed by atoms with Crippen molar-refractivity contribution in [1.29, 1.82) is 0 Å². The molecule has 0 heterocycles. The lowest BCUT2D eigenvalue weighted by Crippen LogP contribution is -2.50. The second-order valence-electron chi connectivity index (χ2n) is 8.94. The molecule has 1 aliphatic carbocycles. The number of alkyl halides is 3. The molecule has 0 saturated heterocycles. The van der Waals surface area contributed by atoms with E-state index in [0.29, 0.717) is 16.1 Å². The minimum Gasteiger partial charge on any atom is -0.351 e. The van der Waals surface area contributed by atoms with Crippen LogP contribution in [0, 0.1) is 5.92 Å². The number of hydrogen-bond donors (Lipinski definition) is 1. The molecule has 3 aromatic rings. The molecule has 10 heteroatoms. The van der Waals surface area contributed by atoms with Crippen LogP contribution in [0.2, 0.25) is 5.02 Å². The number of hydrogen-bond acceptors (Lipinski definition) is 3. The lowest BCUT2D eigenvalue weighted by molar-refractivity contribution is -0.137. The summed E-state index contributed by atoms with van der Waals surface area (Å²) in [5.41, 5.74) is 1.34. The number of nitrogens with one attached hydrogen (secondary N) is 1. The van der Waals surface area contributed by atoms with Crippen LogP contribution in [0.25, 0.3) is 11.1 Å². The number of likely N-dealkylation sites (N-methyl/N-ethyl adjacent to an activating group) is 1. The second kappa shape index (κ2) is 10.8. The monoisotopic (exact) mass is 550 g/mol. The number of halogens is 4. The first-order valence-electron chi connectivity index (χ1n) is 11.8. The molecule has 1 atom stereocenters. The van der Waals surface area contributed by atoms with Crippen molar-refractivity contribution in [3.8, 4) is 11.1 Å². The van der Waals surface area contributed by atoms with Gasteiger partial charge in [0.2, 0.25) is 15.9 Å². The van der Waals surface area contributed by atoms with E-state index in [2.05, 4.69) is 5.32 Å². The number of benzene rings is 3. The molecule has 0 radical (unpaired) electrons. The Morgan fingerprint density at radius 3 is 2.24 bits per heavy atom. The molecule has 0 aromatic heterocycles. The lowest BCUT2D eigenvalue weighted by atomic mass is 10.0. The summed E-state index contributed by atoms with van der Waals surface area (Å²) in [6.45, 7) is 1.97. The average Bonchev–Trinajstić information content (AvgIpc) is 3.71.